The first kappa shape index (κ1) is 62.6. The average molecular weight is 945 g/mol. The van der Waals surface area contributed by atoms with Gasteiger partial charge in [0.05, 0.1) is 170 Å². The number of benzene rings is 1. The van der Waals surface area contributed by atoms with Crippen molar-refractivity contribution in [1.29, 1.82) is 0 Å². The Hall–Kier alpha value is -1.43. The van der Waals surface area contributed by atoms with Crippen LogP contribution in [0.1, 0.15) is 95.6 Å². The molecule has 18 heteroatoms. The lowest BCUT2D eigenvalue weighted by atomic mass is 10.2. The number of hydrogen-bond donors (Lipinski definition) is 3. The Labute approximate surface area is 386 Å². The van der Waals surface area contributed by atoms with Crippen LogP contribution in [0.15, 0.2) is 29.2 Å². The van der Waals surface area contributed by atoms with Crippen LogP contribution < -0.4 is 0 Å². The molecule has 0 saturated carbocycles. The third-order valence-electron chi connectivity index (χ3n) is 8.97. The van der Waals surface area contributed by atoms with E-state index in [4.69, 9.17) is 66.5 Å². The van der Waals surface area contributed by atoms with Crippen LogP contribution in [-0.4, -0.2) is 188 Å². The molecule has 0 aliphatic carbocycles. The highest BCUT2D eigenvalue weighted by Gasteiger charge is 2.17. The van der Waals surface area contributed by atoms with Crippen LogP contribution in [0, 0.1) is 6.92 Å². The highest BCUT2D eigenvalue weighted by Crippen LogP contribution is 2.10. The van der Waals surface area contributed by atoms with E-state index in [9.17, 15) is 13.5 Å². The lowest BCUT2D eigenvalue weighted by Crippen LogP contribution is -2.31. The van der Waals surface area contributed by atoms with E-state index in [1.807, 2.05) is 90.0 Å². The van der Waals surface area contributed by atoms with Crippen molar-refractivity contribution in [3.05, 3.63) is 29.8 Å². The third-order valence-corrected chi connectivity index (χ3v) is 9.84. The first-order valence-electron chi connectivity index (χ1n) is 22.7. The highest BCUT2D eigenvalue weighted by molar-refractivity contribution is 7.85. The van der Waals surface area contributed by atoms with Crippen molar-refractivity contribution in [1.82, 2.24) is 0 Å². The number of aliphatic hydroxyl groups excluding tert-OH is 2. The van der Waals surface area contributed by atoms with Gasteiger partial charge >= 0.3 is 0 Å². The fraction of sp³-hybridized carbons (Fsp3) is 0.870. The molecule has 17 nitrogen and oxygen atoms in total. The predicted octanol–water partition coefficient (Wildman–Crippen LogP) is 5.46. The number of rotatable bonds is 38. The van der Waals surface area contributed by atoms with Crippen LogP contribution in [0.5, 0.6) is 0 Å². The molecular formula is C46H88O17S. The summed E-state index contributed by atoms with van der Waals surface area (Å²) in [6, 6.07) is 5.99. The number of hydrogen-bond acceptors (Lipinski definition) is 16. The van der Waals surface area contributed by atoms with Crippen molar-refractivity contribution in [2.45, 2.75) is 181 Å². The smallest absolute Gasteiger partial charge is 0.294 e. The summed E-state index contributed by atoms with van der Waals surface area (Å²) in [4.78, 5) is -0.0666. The predicted molar refractivity (Wildman–Crippen MR) is 245 cm³/mol. The molecule has 0 fully saturated rings. The summed E-state index contributed by atoms with van der Waals surface area (Å²) in [6.07, 6.45) is -1.66. The molecule has 1 rings (SSSR count). The quantitative estimate of drug-likeness (QED) is 0.0704. The summed E-state index contributed by atoms with van der Waals surface area (Å²) < 4.78 is 99.4. The molecule has 1 aromatic rings. The summed E-state index contributed by atoms with van der Waals surface area (Å²) in [5.41, 5.74) is 0.956. The van der Waals surface area contributed by atoms with Gasteiger partial charge in [-0.1, -0.05) is 17.7 Å². The van der Waals surface area contributed by atoms with Gasteiger partial charge in [-0.3, -0.25) is 4.55 Å². The number of aliphatic hydroxyl groups is 2. The van der Waals surface area contributed by atoms with E-state index >= 15 is 0 Å². The van der Waals surface area contributed by atoms with E-state index in [2.05, 4.69) is 0 Å². The van der Waals surface area contributed by atoms with E-state index in [0.29, 0.717) is 79.3 Å². The Balaban J connectivity index is 0.00000311. The first-order valence-corrected chi connectivity index (χ1v) is 24.2. The second-order valence-electron chi connectivity index (χ2n) is 17.0. The summed E-state index contributed by atoms with van der Waals surface area (Å²) in [7, 11) is -4.02. The zero-order chi connectivity index (χ0) is 48.7. The summed E-state index contributed by atoms with van der Waals surface area (Å²) in [5, 5.41) is 18.4. The molecule has 0 bridgehead atoms. The van der Waals surface area contributed by atoms with Gasteiger partial charge in [0.1, 0.15) is 0 Å². The Morgan fingerprint density at radius 3 is 0.734 bits per heavy atom. The van der Waals surface area contributed by atoms with Gasteiger partial charge in [-0.05, 0) is 109 Å². The minimum absolute atomic E-state index is 0.00767. The fourth-order valence-corrected chi connectivity index (χ4v) is 5.37. The zero-order valence-corrected chi connectivity index (χ0v) is 42.3. The molecule has 3 N–H and O–H groups in total. The van der Waals surface area contributed by atoms with Gasteiger partial charge < -0.3 is 67.1 Å². The minimum Gasteiger partial charge on any atom is -0.394 e. The van der Waals surface area contributed by atoms with Crippen LogP contribution >= 0.6 is 0 Å². The van der Waals surface area contributed by atoms with Crippen molar-refractivity contribution in [2.75, 3.05) is 85.9 Å². The Bertz CT molecular complexity index is 1340. The van der Waals surface area contributed by atoms with E-state index in [0.717, 1.165) is 5.56 Å². The van der Waals surface area contributed by atoms with Gasteiger partial charge in [-0.25, -0.2) is 0 Å². The Morgan fingerprint density at radius 1 is 0.375 bits per heavy atom. The molecule has 0 aliphatic heterocycles. The van der Waals surface area contributed by atoms with Crippen LogP contribution in [0.3, 0.4) is 0 Å². The van der Waals surface area contributed by atoms with Crippen molar-refractivity contribution >= 4 is 10.1 Å². The van der Waals surface area contributed by atoms with Crippen molar-refractivity contribution in [3.8, 4) is 0 Å². The van der Waals surface area contributed by atoms with Gasteiger partial charge in [-0.15, -0.1) is 0 Å². The molecule has 0 spiro atoms. The Kier molecular flexibility index (Phi) is 35.8. The van der Waals surface area contributed by atoms with Crippen LogP contribution in [0.2, 0.25) is 0 Å². The maximum Gasteiger partial charge on any atom is 0.294 e. The normalized spacial score (nSPS) is 18.3. The summed E-state index contributed by atoms with van der Waals surface area (Å²) in [6.45, 7) is 32.2. The molecule has 0 radical (unpaired) electrons. The topological polar surface area (TPSA) is 206 Å². The molecule has 0 heterocycles. The monoisotopic (exact) mass is 945 g/mol. The van der Waals surface area contributed by atoms with E-state index in [1.54, 1.807) is 19.1 Å². The van der Waals surface area contributed by atoms with Crippen LogP contribution in [-0.2, 0) is 67.0 Å². The molecular weight excluding hydrogens is 857 g/mol. The molecule has 0 saturated heterocycles. The molecule has 0 amide bonds. The molecule has 13 atom stereocenters. The van der Waals surface area contributed by atoms with Crippen molar-refractivity contribution < 1.29 is 80.0 Å². The standard InChI is InChI=1S/C39H80O14.C7H8O3S/c1-27(41)15-42-29(3)17-44-31(5)19-46-33(7)21-48-35(9)23-50-37(11)25-52-39(13)26-53-38(12)24-51-36(10)22-49-34(8)20-47-32(6)18-45-30(4)16-43-28(2)14-40;1-6-2-4-7(5-3-6)11(8,9)10/h27-41H,14-26H2,1-13H3;2-5H,1H3,(H,8,9,10). The average Bonchev–Trinajstić information content (AvgIpc) is 3.25. The van der Waals surface area contributed by atoms with Crippen LogP contribution in [0.25, 0.3) is 0 Å². The second kappa shape index (κ2) is 36.6. The molecule has 13 unspecified atom stereocenters. The van der Waals surface area contributed by atoms with Crippen molar-refractivity contribution in [3.63, 3.8) is 0 Å². The zero-order valence-electron chi connectivity index (χ0n) is 41.5. The lowest BCUT2D eigenvalue weighted by molar-refractivity contribution is -0.114. The van der Waals surface area contributed by atoms with E-state index < -0.39 is 16.2 Å². The summed E-state index contributed by atoms with van der Waals surface area (Å²) in [5.74, 6) is 0. The number of ether oxygens (including phenoxy) is 12. The lowest BCUT2D eigenvalue weighted by Gasteiger charge is -2.23. The van der Waals surface area contributed by atoms with E-state index in [1.165, 1.54) is 12.1 Å². The van der Waals surface area contributed by atoms with Gasteiger partial charge in [0.2, 0.25) is 0 Å². The maximum absolute atomic E-state index is 10.5. The largest absolute Gasteiger partial charge is 0.394 e. The second-order valence-corrected chi connectivity index (χ2v) is 18.5. The maximum atomic E-state index is 10.5. The molecule has 0 aromatic heterocycles. The Morgan fingerprint density at radius 2 is 0.562 bits per heavy atom. The fourth-order valence-electron chi connectivity index (χ4n) is 4.89. The minimum atomic E-state index is -4.02. The van der Waals surface area contributed by atoms with Gasteiger partial charge in [0.15, 0.2) is 0 Å². The summed E-state index contributed by atoms with van der Waals surface area (Å²) >= 11 is 0. The van der Waals surface area contributed by atoms with Gasteiger partial charge in [-0.2, -0.15) is 8.42 Å². The molecule has 1 aromatic carbocycles. The van der Waals surface area contributed by atoms with Gasteiger partial charge in [0, 0.05) is 0 Å². The van der Waals surface area contributed by atoms with E-state index in [-0.39, 0.29) is 84.7 Å². The third kappa shape index (κ3) is 36.7. The molecule has 0 aliphatic rings. The SMILES string of the molecule is CC(O)COC(C)COC(C)COC(C)COC(C)COC(C)COC(C)COC(C)COC(C)COC(C)COC(C)COC(C)COC(C)CO.Cc1ccc(S(=O)(=O)O)cc1. The van der Waals surface area contributed by atoms with Crippen molar-refractivity contribution in [2.24, 2.45) is 0 Å². The molecule has 64 heavy (non-hydrogen) atoms. The van der Waals surface area contributed by atoms with Gasteiger partial charge in [0.25, 0.3) is 10.1 Å². The highest BCUT2D eigenvalue weighted by atomic mass is 32.2. The number of aryl methyl sites for hydroxylation is 1. The molecule has 380 valence electrons. The van der Waals surface area contributed by atoms with Crippen LogP contribution in [0.4, 0.5) is 0 Å². The first-order chi connectivity index (χ1) is 30.0.